The molecule has 1 saturated carbocycles. The molecule has 1 aliphatic rings. The van der Waals surface area contributed by atoms with Crippen molar-refractivity contribution >= 4 is 16.5 Å². The molecule has 0 saturated heterocycles. The highest BCUT2D eigenvalue weighted by Crippen LogP contribution is 2.38. The Labute approximate surface area is 162 Å². The van der Waals surface area contributed by atoms with Crippen molar-refractivity contribution in [2.75, 3.05) is 0 Å². The Morgan fingerprint density at radius 3 is 2.52 bits per heavy atom. The van der Waals surface area contributed by atoms with Crippen LogP contribution < -0.4 is 4.57 Å². The predicted octanol–water partition coefficient (Wildman–Crippen LogP) is 6.55. The van der Waals surface area contributed by atoms with Gasteiger partial charge in [-0.05, 0) is 66.8 Å². The summed E-state index contributed by atoms with van der Waals surface area (Å²) < 4.78 is 2.23. The van der Waals surface area contributed by atoms with Gasteiger partial charge >= 0.3 is 0 Å². The van der Waals surface area contributed by atoms with Crippen molar-refractivity contribution in [1.29, 1.82) is 0 Å². The number of hydrogen-bond donors (Lipinski definition) is 0. The number of benzene rings is 2. The number of aromatic nitrogens is 1. The quantitative estimate of drug-likeness (QED) is 0.364. The SMILES string of the molecule is [C-]#[N+]c1ccc2c(-c3cc(C4CCCCC4)cc(C)c3C)[n+](C)ccc2c1. The first-order valence-corrected chi connectivity index (χ1v) is 10.00. The van der Waals surface area contributed by atoms with Crippen molar-refractivity contribution in [1.82, 2.24) is 0 Å². The van der Waals surface area contributed by atoms with Crippen molar-refractivity contribution in [3.8, 4) is 11.3 Å². The molecule has 0 spiro atoms. The van der Waals surface area contributed by atoms with Gasteiger partial charge in [0.25, 0.3) is 0 Å². The summed E-state index contributed by atoms with van der Waals surface area (Å²) in [5.74, 6) is 0.700. The highest BCUT2D eigenvalue weighted by atomic mass is 14.9. The van der Waals surface area contributed by atoms with Crippen molar-refractivity contribution in [3.63, 3.8) is 0 Å². The second-order valence-corrected chi connectivity index (χ2v) is 8.00. The number of pyridine rings is 1. The number of rotatable bonds is 2. The second kappa shape index (κ2) is 7.16. The molecule has 1 fully saturated rings. The number of hydrogen-bond acceptors (Lipinski definition) is 0. The van der Waals surface area contributed by atoms with Gasteiger partial charge in [0.2, 0.25) is 5.69 Å². The van der Waals surface area contributed by atoms with Gasteiger partial charge in [0.15, 0.2) is 11.9 Å². The van der Waals surface area contributed by atoms with Crippen LogP contribution >= 0.6 is 0 Å². The summed E-state index contributed by atoms with van der Waals surface area (Å²) in [6.07, 6.45) is 8.85. The molecular formula is C25H27N2+. The fraction of sp³-hybridized carbons (Fsp3) is 0.360. The van der Waals surface area contributed by atoms with Crippen molar-refractivity contribution in [3.05, 3.63) is 70.7 Å². The molecule has 0 aliphatic heterocycles. The molecule has 0 atom stereocenters. The molecule has 4 rings (SSSR count). The molecule has 1 aromatic heterocycles. The molecule has 0 unspecified atom stereocenters. The van der Waals surface area contributed by atoms with Gasteiger partial charge in [0.1, 0.15) is 7.05 Å². The maximum atomic E-state index is 7.30. The number of nitrogens with zero attached hydrogens (tertiary/aromatic N) is 2. The van der Waals surface area contributed by atoms with Crippen LogP contribution in [0, 0.1) is 20.4 Å². The second-order valence-electron chi connectivity index (χ2n) is 8.00. The minimum absolute atomic E-state index is 0.700. The third-order valence-corrected chi connectivity index (χ3v) is 6.27. The summed E-state index contributed by atoms with van der Waals surface area (Å²) in [6.45, 7) is 11.8. The molecule has 0 N–H and O–H groups in total. The molecule has 136 valence electrons. The van der Waals surface area contributed by atoms with E-state index >= 15 is 0 Å². The van der Waals surface area contributed by atoms with Gasteiger partial charge in [-0.15, -0.1) is 0 Å². The van der Waals surface area contributed by atoms with Gasteiger partial charge in [-0.25, -0.2) is 9.41 Å². The monoisotopic (exact) mass is 355 g/mol. The first kappa shape index (κ1) is 17.7. The van der Waals surface area contributed by atoms with Gasteiger partial charge in [-0.1, -0.05) is 37.5 Å². The highest BCUT2D eigenvalue weighted by molar-refractivity contribution is 5.95. The molecule has 0 bridgehead atoms. The van der Waals surface area contributed by atoms with E-state index in [1.54, 1.807) is 0 Å². The number of aryl methyl sites for hydroxylation is 2. The van der Waals surface area contributed by atoms with Crippen LogP contribution in [0.5, 0.6) is 0 Å². The van der Waals surface area contributed by atoms with Crippen molar-refractivity contribution < 1.29 is 4.57 Å². The van der Waals surface area contributed by atoms with E-state index in [-0.39, 0.29) is 0 Å². The lowest BCUT2D eigenvalue weighted by molar-refractivity contribution is -0.659. The number of fused-ring (bicyclic) bond motifs is 1. The Bertz CT molecular complexity index is 1050. The molecular weight excluding hydrogens is 328 g/mol. The van der Waals surface area contributed by atoms with Gasteiger partial charge in [-0.3, -0.25) is 0 Å². The maximum Gasteiger partial charge on any atom is 0.220 e. The van der Waals surface area contributed by atoms with Crippen LogP contribution in [0.1, 0.15) is 54.7 Å². The summed E-state index contributed by atoms with van der Waals surface area (Å²) in [4.78, 5) is 3.60. The Morgan fingerprint density at radius 1 is 1.00 bits per heavy atom. The summed E-state index contributed by atoms with van der Waals surface area (Å²) in [7, 11) is 2.12. The van der Waals surface area contributed by atoms with Gasteiger partial charge in [0, 0.05) is 6.07 Å². The van der Waals surface area contributed by atoms with Crippen LogP contribution in [-0.4, -0.2) is 0 Å². The van der Waals surface area contributed by atoms with Gasteiger partial charge in [-0.2, -0.15) is 0 Å². The van der Waals surface area contributed by atoms with E-state index < -0.39 is 0 Å². The zero-order valence-corrected chi connectivity index (χ0v) is 16.5. The summed E-state index contributed by atoms with van der Waals surface area (Å²) >= 11 is 0. The van der Waals surface area contributed by atoms with E-state index in [0.717, 1.165) is 5.39 Å². The average molecular weight is 356 g/mol. The van der Waals surface area contributed by atoms with Crippen LogP contribution in [0.15, 0.2) is 42.6 Å². The lowest BCUT2D eigenvalue weighted by atomic mass is 9.81. The first-order chi connectivity index (χ1) is 13.1. The molecule has 1 aliphatic carbocycles. The van der Waals surface area contributed by atoms with Crippen LogP contribution in [-0.2, 0) is 7.05 Å². The molecule has 2 nitrogen and oxygen atoms in total. The molecule has 1 heterocycles. The van der Waals surface area contributed by atoms with E-state index in [1.165, 1.54) is 65.4 Å². The predicted molar refractivity (Wildman–Crippen MR) is 112 cm³/mol. The van der Waals surface area contributed by atoms with Crippen LogP contribution in [0.3, 0.4) is 0 Å². The zero-order valence-electron chi connectivity index (χ0n) is 16.5. The Kier molecular flexibility index (Phi) is 4.70. The van der Waals surface area contributed by atoms with Gasteiger partial charge in [0.05, 0.1) is 17.5 Å². The fourth-order valence-corrected chi connectivity index (χ4v) is 4.57. The van der Waals surface area contributed by atoms with Crippen molar-refractivity contribution in [2.45, 2.75) is 51.9 Å². The Hall–Kier alpha value is -2.66. The lowest BCUT2D eigenvalue weighted by Gasteiger charge is -2.23. The molecule has 2 heteroatoms. The minimum Gasteiger partial charge on any atom is -0.238 e. The van der Waals surface area contributed by atoms with E-state index in [4.69, 9.17) is 6.57 Å². The summed E-state index contributed by atoms with van der Waals surface area (Å²) in [6, 6.07) is 13.0. The van der Waals surface area contributed by atoms with Crippen molar-refractivity contribution in [2.24, 2.45) is 7.05 Å². The Balaban J connectivity index is 1.94. The largest absolute Gasteiger partial charge is 0.238 e. The van der Waals surface area contributed by atoms with Gasteiger partial charge < -0.3 is 0 Å². The minimum atomic E-state index is 0.700. The van der Waals surface area contributed by atoms with Crippen LogP contribution in [0.25, 0.3) is 26.9 Å². The third-order valence-electron chi connectivity index (χ3n) is 6.27. The van der Waals surface area contributed by atoms with E-state index in [0.29, 0.717) is 11.6 Å². The smallest absolute Gasteiger partial charge is 0.220 e. The first-order valence-electron chi connectivity index (χ1n) is 10.00. The Morgan fingerprint density at radius 2 is 1.78 bits per heavy atom. The molecule has 2 aromatic carbocycles. The van der Waals surface area contributed by atoms with E-state index in [1.807, 2.05) is 12.1 Å². The average Bonchev–Trinajstić information content (AvgIpc) is 2.70. The molecule has 0 amide bonds. The van der Waals surface area contributed by atoms with Crippen LogP contribution in [0.4, 0.5) is 5.69 Å². The lowest BCUT2D eigenvalue weighted by Crippen LogP contribution is -2.31. The summed E-state index contributed by atoms with van der Waals surface area (Å²) in [5, 5.41) is 2.35. The molecule has 0 radical (unpaired) electrons. The third kappa shape index (κ3) is 3.23. The highest BCUT2D eigenvalue weighted by Gasteiger charge is 2.22. The fourth-order valence-electron chi connectivity index (χ4n) is 4.57. The van der Waals surface area contributed by atoms with Crippen LogP contribution in [0.2, 0.25) is 0 Å². The normalized spacial score (nSPS) is 15.0. The standard InChI is InChI=1S/C25H27N2/c1-17-14-21(19-8-6-5-7-9-19)16-24(18(17)2)25-23-11-10-22(26-3)15-20(23)12-13-27(25)4/h10-16,19H,5-9H2,1-2,4H3/q+1. The topological polar surface area (TPSA) is 8.24 Å². The molecule has 3 aromatic rings. The molecule has 27 heavy (non-hydrogen) atoms. The maximum absolute atomic E-state index is 7.30. The van der Waals surface area contributed by atoms with E-state index in [9.17, 15) is 0 Å². The summed E-state index contributed by atoms with van der Waals surface area (Å²) in [5.41, 5.74) is 7.52. The zero-order chi connectivity index (χ0) is 19.0. The van der Waals surface area contributed by atoms with E-state index in [2.05, 4.69) is 60.8 Å².